The van der Waals surface area contributed by atoms with Gasteiger partial charge in [-0.05, 0) is 44.0 Å². The zero-order chi connectivity index (χ0) is 17.8. The van der Waals surface area contributed by atoms with Crippen molar-refractivity contribution in [3.63, 3.8) is 0 Å². The molecule has 1 aliphatic heterocycles. The number of hydrogen-bond acceptors (Lipinski definition) is 4. The molecule has 3 rings (SSSR count). The van der Waals surface area contributed by atoms with Crippen molar-refractivity contribution in [1.29, 1.82) is 0 Å². The first-order chi connectivity index (χ1) is 11.1. The van der Waals surface area contributed by atoms with Gasteiger partial charge in [0.05, 0.1) is 5.41 Å². The van der Waals surface area contributed by atoms with Gasteiger partial charge in [0.2, 0.25) is 0 Å². The van der Waals surface area contributed by atoms with Crippen molar-refractivity contribution in [2.45, 2.75) is 39.2 Å². The molecule has 2 amide bonds. The van der Waals surface area contributed by atoms with Crippen LogP contribution in [0.2, 0.25) is 0 Å². The lowest BCUT2D eigenvalue weighted by Crippen LogP contribution is -2.57. The molecule has 6 nitrogen and oxygen atoms in total. The predicted molar refractivity (Wildman–Crippen MR) is 82.0 cm³/mol. The molecule has 1 aliphatic carbocycles. The molecule has 2 fully saturated rings. The molecule has 1 saturated carbocycles. The van der Waals surface area contributed by atoms with E-state index in [0.717, 1.165) is 12.1 Å². The first-order valence-electron chi connectivity index (χ1n) is 7.74. The molecule has 1 heterocycles. The maximum atomic E-state index is 12.9. The van der Waals surface area contributed by atoms with Crippen molar-refractivity contribution in [2.75, 3.05) is 0 Å². The molecule has 2 atom stereocenters. The largest absolute Gasteiger partial charge is 0.448 e. The van der Waals surface area contributed by atoms with Gasteiger partial charge in [0.1, 0.15) is 5.82 Å². The monoisotopic (exact) mass is 334 g/mol. The number of rotatable bonds is 2. The highest BCUT2D eigenvalue weighted by atomic mass is 19.1. The molecule has 7 heteroatoms. The molecule has 0 unspecified atom stereocenters. The minimum Gasteiger partial charge on any atom is -0.448 e. The van der Waals surface area contributed by atoms with Gasteiger partial charge in [0.25, 0.3) is 11.8 Å². The van der Waals surface area contributed by atoms with Crippen LogP contribution in [0.3, 0.4) is 0 Å². The normalized spacial score (nSPS) is 29.9. The van der Waals surface area contributed by atoms with E-state index >= 15 is 0 Å². The van der Waals surface area contributed by atoms with Gasteiger partial charge < -0.3 is 4.74 Å². The maximum absolute atomic E-state index is 12.9. The van der Waals surface area contributed by atoms with E-state index in [2.05, 4.69) is 10.9 Å². The van der Waals surface area contributed by atoms with Gasteiger partial charge in [-0.2, -0.15) is 0 Å². The zero-order valence-corrected chi connectivity index (χ0v) is 13.7. The fourth-order valence-corrected chi connectivity index (χ4v) is 3.64. The second-order valence-electron chi connectivity index (χ2n) is 7.09. The quantitative estimate of drug-likeness (QED) is 0.637. The molecular weight excluding hydrogens is 315 g/mol. The van der Waals surface area contributed by atoms with Crippen molar-refractivity contribution < 1.29 is 23.5 Å². The minimum absolute atomic E-state index is 0.202. The summed E-state index contributed by atoms with van der Waals surface area (Å²) >= 11 is 0. The highest BCUT2D eigenvalue weighted by Crippen LogP contribution is 2.65. The van der Waals surface area contributed by atoms with Gasteiger partial charge in [-0.1, -0.05) is 13.8 Å². The second kappa shape index (κ2) is 5.03. The Kier molecular flexibility index (Phi) is 3.44. The van der Waals surface area contributed by atoms with Crippen LogP contribution in [0.5, 0.6) is 0 Å². The average Bonchev–Trinajstić information content (AvgIpc) is 2.83. The fourth-order valence-electron chi connectivity index (χ4n) is 3.64. The molecule has 0 spiro atoms. The van der Waals surface area contributed by atoms with Crippen molar-refractivity contribution in [2.24, 2.45) is 10.8 Å². The molecule has 1 aromatic carbocycles. The summed E-state index contributed by atoms with van der Waals surface area (Å²) < 4.78 is 18.3. The first-order valence-corrected chi connectivity index (χ1v) is 7.74. The van der Waals surface area contributed by atoms with Gasteiger partial charge in [0, 0.05) is 11.0 Å². The molecule has 2 bridgehead atoms. The highest BCUT2D eigenvalue weighted by molar-refractivity contribution is 5.99. The summed E-state index contributed by atoms with van der Waals surface area (Å²) in [5.74, 6) is -1.99. The highest BCUT2D eigenvalue weighted by Gasteiger charge is 2.75. The minimum atomic E-state index is -1.30. The number of hydrogen-bond donors (Lipinski definition) is 2. The molecule has 2 N–H and O–H groups in total. The number of benzene rings is 1. The van der Waals surface area contributed by atoms with E-state index in [1.807, 2.05) is 13.8 Å². The van der Waals surface area contributed by atoms with Crippen molar-refractivity contribution >= 4 is 17.8 Å². The Balaban J connectivity index is 1.73. The number of ether oxygens (including phenoxy) is 1. The third kappa shape index (κ3) is 1.96. The van der Waals surface area contributed by atoms with E-state index in [1.165, 1.54) is 12.1 Å². The number of halogens is 1. The smallest absolute Gasteiger partial charge is 0.313 e. The Morgan fingerprint density at radius 3 is 2.21 bits per heavy atom. The number of carbonyl (C=O) groups is 3. The van der Waals surface area contributed by atoms with Crippen LogP contribution in [0.1, 0.15) is 44.0 Å². The molecule has 0 aromatic heterocycles. The van der Waals surface area contributed by atoms with Crippen LogP contribution in [-0.2, 0) is 14.3 Å². The summed E-state index contributed by atoms with van der Waals surface area (Å²) in [6, 6.07) is 4.92. The van der Waals surface area contributed by atoms with Crippen LogP contribution in [-0.4, -0.2) is 23.4 Å². The summed E-state index contributed by atoms with van der Waals surface area (Å²) in [6.45, 7) is 5.45. The van der Waals surface area contributed by atoms with E-state index in [4.69, 9.17) is 4.74 Å². The molecule has 1 aromatic rings. The Bertz CT molecular complexity index is 731. The number of fused-ring (bicyclic) bond motifs is 2. The van der Waals surface area contributed by atoms with Crippen molar-refractivity contribution in [3.05, 3.63) is 35.6 Å². The van der Waals surface area contributed by atoms with Gasteiger partial charge in [-0.3, -0.25) is 25.2 Å². The van der Waals surface area contributed by atoms with Gasteiger partial charge in [0.15, 0.2) is 5.60 Å². The predicted octanol–water partition coefficient (Wildman–Crippen LogP) is 1.71. The van der Waals surface area contributed by atoms with Crippen LogP contribution >= 0.6 is 0 Å². The number of amides is 2. The Morgan fingerprint density at radius 2 is 1.71 bits per heavy atom. The summed E-state index contributed by atoms with van der Waals surface area (Å²) in [5.41, 5.74) is 2.12. The Morgan fingerprint density at radius 1 is 1.08 bits per heavy atom. The molecule has 1 saturated heterocycles. The van der Waals surface area contributed by atoms with E-state index in [1.54, 1.807) is 6.92 Å². The topological polar surface area (TPSA) is 84.5 Å². The number of esters is 1. The van der Waals surface area contributed by atoms with E-state index in [9.17, 15) is 18.8 Å². The van der Waals surface area contributed by atoms with Crippen LogP contribution in [0.15, 0.2) is 24.3 Å². The lowest BCUT2D eigenvalue weighted by atomic mass is 9.66. The Labute approximate surface area is 138 Å². The Hall–Kier alpha value is -2.44. The summed E-state index contributed by atoms with van der Waals surface area (Å²) in [4.78, 5) is 36.8. The van der Waals surface area contributed by atoms with Crippen LogP contribution < -0.4 is 10.9 Å². The van der Waals surface area contributed by atoms with Crippen LogP contribution in [0, 0.1) is 16.6 Å². The number of carbonyl (C=O) groups excluding carboxylic acids is 3. The lowest BCUT2D eigenvalue weighted by molar-refractivity contribution is -0.168. The molecule has 2 aliphatic rings. The molecule has 0 radical (unpaired) electrons. The van der Waals surface area contributed by atoms with Crippen LogP contribution in [0.25, 0.3) is 0 Å². The maximum Gasteiger partial charge on any atom is 0.313 e. The lowest BCUT2D eigenvalue weighted by Gasteiger charge is -2.35. The second-order valence-corrected chi connectivity index (χ2v) is 7.09. The fraction of sp³-hybridized carbons (Fsp3) is 0.471. The van der Waals surface area contributed by atoms with Gasteiger partial charge in [-0.15, -0.1) is 0 Å². The number of hydrazine groups is 1. The third-order valence-corrected chi connectivity index (χ3v) is 5.85. The summed E-state index contributed by atoms with van der Waals surface area (Å²) in [7, 11) is 0. The van der Waals surface area contributed by atoms with Crippen molar-refractivity contribution in [3.8, 4) is 0 Å². The number of nitrogens with one attached hydrogen (secondary N) is 2. The van der Waals surface area contributed by atoms with Gasteiger partial charge >= 0.3 is 5.97 Å². The first kappa shape index (κ1) is 16.4. The zero-order valence-electron chi connectivity index (χ0n) is 13.7. The average molecular weight is 334 g/mol. The summed E-state index contributed by atoms with van der Waals surface area (Å²) in [5, 5.41) is 0. The standard InChI is InChI=1S/C17H19FN2O4/c1-15(2)16(3)8-9-17(15,24-14(16)23)13(22)20-19-12(21)10-4-6-11(18)7-5-10/h4-7H,8-9H2,1-3H3,(H,19,21)(H,20,22)/t16-,17-/m1/s1. The van der Waals surface area contributed by atoms with Crippen LogP contribution in [0.4, 0.5) is 4.39 Å². The molecule has 24 heavy (non-hydrogen) atoms. The van der Waals surface area contributed by atoms with E-state index < -0.39 is 40.0 Å². The van der Waals surface area contributed by atoms with Gasteiger partial charge in [-0.25, -0.2) is 4.39 Å². The third-order valence-electron chi connectivity index (χ3n) is 5.85. The van der Waals surface area contributed by atoms with Crippen molar-refractivity contribution in [1.82, 2.24) is 10.9 Å². The summed E-state index contributed by atoms with van der Waals surface area (Å²) in [6.07, 6.45) is 0.957. The van der Waals surface area contributed by atoms with E-state index in [0.29, 0.717) is 12.8 Å². The molecular formula is C17H19FN2O4. The van der Waals surface area contributed by atoms with E-state index in [-0.39, 0.29) is 5.56 Å². The SMILES string of the molecule is CC1(C)[C@]2(C)CC[C@]1(C(=O)NNC(=O)c1ccc(F)cc1)OC2=O. The molecule has 128 valence electrons.